The maximum absolute atomic E-state index is 11.9. The van der Waals surface area contributed by atoms with Gasteiger partial charge in [0.25, 0.3) is 5.69 Å². The van der Waals surface area contributed by atoms with Gasteiger partial charge >= 0.3 is 5.97 Å². The molecule has 0 amide bonds. The van der Waals surface area contributed by atoms with E-state index in [2.05, 4.69) is 0 Å². The van der Waals surface area contributed by atoms with Crippen molar-refractivity contribution < 1.29 is 14.5 Å². The third-order valence-corrected chi connectivity index (χ3v) is 3.71. The quantitative estimate of drug-likeness (QED) is 0.217. The van der Waals surface area contributed by atoms with Gasteiger partial charge in [-0.05, 0) is 35.4 Å². The summed E-state index contributed by atoms with van der Waals surface area (Å²) in [7, 11) is 0. The lowest BCUT2D eigenvalue weighted by molar-refractivity contribution is -0.385. The van der Waals surface area contributed by atoms with E-state index >= 15 is 0 Å². The normalized spacial score (nSPS) is 10.6. The summed E-state index contributed by atoms with van der Waals surface area (Å²) in [4.78, 5) is 22.4. The van der Waals surface area contributed by atoms with Gasteiger partial charge in [0.2, 0.25) is 0 Å². The minimum Gasteiger partial charge on any atom is -0.423 e. The van der Waals surface area contributed by atoms with Gasteiger partial charge in [-0.2, -0.15) is 0 Å². The highest BCUT2D eigenvalue weighted by Crippen LogP contribution is 2.22. The van der Waals surface area contributed by atoms with Crippen molar-refractivity contribution in [3.05, 3.63) is 101 Å². The van der Waals surface area contributed by atoms with E-state index in [0.717, 1.165) is 11.1 Å². The van der Waals surface area contributed by atoms with Crippen LogP contribution in [0.3, 0.4) is 0 Å². The van der Waals surface area contributed by atoms with Crippen LogP contribution in [0.25, 0.3) is 17.2 Å². The molecule has 0 radical (unpaired) electrons. The zero-order valence-electron chi connectivity index (χ0n) is 13.7. The molecule has 0 atom stereocenters. The fraction of sp³-hybridized carbons (Fsp3) is 0. The molecule has 0 N–H and O–H groups in total. The van der Waals surface area contributed by atoms with Crippen molar-refractivity contribution in [1.29, 1.82) is 0 Å². The molecule has 5 heteroatoms. The molecule has 0 aromatic heterocycles. The topological polar surface area (TPSA) is 69.4 Å². The highest BCUT2D eigenvalue weighted by Gasteiger charge is 2.10. The summed E-state index contributed by atoms with van der Waals surface area (Å²) in [6, 6.07) is 23.2. The van der Waals surface area contributed by atoms with Crippen molar-refractivity contribution in [2.24, 2.45) is 0 Å². The number of benzene rings is 3. The molecule has 0 bridgehead atoms. The second-order valence-corrected chi connectivity index (χ2v) is 5.46. The van der Waals surface area contributed by atoms with Crippen LogP contribution in [-0.4, -0.2) is 10.9 Å². The number of hydrogen-bond acceptors (Lipinski definition) is 4. The van der Waals surface area contributed by atoms with E-state index in [1.807, 2.05) is 42.5 Å². The molecule has 0 aliphatic heterocycles. The van der Waals surface area contributed by atoms with Crippen LogP contribution < -0.4 is 4.74 Å². The number of esters is 1. The second kappa shape index (κ2) is 7.90. The molecular weight excluding hydrogens is 330 g/mol. The Morgan fingerprint density at radius 2 is 1.46 bits per heavy atom. The zero-order valence-corrected chi connectivity index (χ0v) is 13.7. The highest BCUT2D eigenvalue weighted by atomic mass is 16.6. The van der Waals surface area contributed by atoms with E-state index in [1.54, 1.807) is 30.3 Å². The number of nitro groups is 1. The van der Waals surface area contributed by atoms with E-state index < -0.39 is 10.9 Å². The molecule has 3 aromatic carbocycles. The zero-order chi connectivity index (χ0) is 18.4. The van der Waals surface area contributed by atoms with Crippen molar-refractivity contribution in [3.63, 3.8) is 0 Å². The van der Waals surface area contributed by atoms with E-state index in [0.29, 0.717) is 11.3 Å². The number of hydrogen-bond donors (Lipinski definition) is 0. The van der Waals surface area contributed by atoms with Crippen LogP contribution >= 0.6 is 0 Å². The van der Waals surface area contributed by atoms with Crippen molar-refractivity contribution in [2.75, 3.05) is 0 Å². The SMILES string of the molecule is O=C(C=Cc1ccccc1[N+](=O)[O-])Oc1ccc(-c2ccccc2)cc1. The first-order valence-electron chi connectivity index (χ1n) is 7.92. The molecule has 5 nitrogen and oxygen atoms in total. The molecule has 128 valence electrons. The Bertz CT molecular complexity index is 947. The van der Waals surface area contributed by atoms with Gasteiger partial charge in [-0.15, -0.1) is 0 Å². The van der Waals surface area contributed by atoms with E-state index in [1.165, 1.54) is 18.2 Å². The Labute approximate surface area is 150 Å². The van der Waals surface area contributed by atoms with Crippen LogP contribution in [0.1, 0.15) is 5.56 Å². The number of carbonyl (C=O) groups is 1. The number of carbonyl (C=O) groups excluding carboxylic acids is 1. The molecule has 26 heavy (non-hydrogen) atoms. The molecule has 0 unspecified atom stereocenters. The van der Waals surface area contributed by atoms with E-state index in [-0.39, 0.29) is 5.69 Å². The lowest BCUT2D eigenvalue weighted by atomic mass is 10.1. The van der Waals surface area contributed by atoms with Gasteiger partial charge in [0.15, 0.2) is 0 Å². The minimum absolute atomic E-state index is 0.0660. The van der Waals surface area contributed by atoms with Crippen LogP contribution in [0.15, 0.2) is 84.9 Å². The molecule has 3 aromatic rings. The summed E-state index contributed by atoms with van der Waals surface area (Å²) in [5, 5.41) is 11.0. The second-order valence-electron chi connectivity index (χ2n) is 5.46. The van der Waals surface area contributed by atoms with Gasteiger partial charge in [0.05, 0.1) is 10.5 Å². The Morgan fingerprint density at radius 3 is 2.15 bits per heavy atom. The maximum atomic E-state index is 11.9. The van der Waals surface area contributed by atoms with Crippen LogP contribution in [0.2, 0.25) is 0 Å². The van der Waals surface area contributed by atoms with E-state index in [9.17, 15) is 14.9 Å². The fourth-order valence-corrected chi connectivity index (χ4v) is 2.45. The lowest BCUT2D eigenvalue weighted by Gasteiger charge is -2.04. The summed E-state index contributed by atoms with van der Waals surface area (Å²) >= 11 is 0. The Balaban J connectivity index is 1.68. The molecule has 0 heterocycles. The number of ether oxygens (including phenoxy) is 1. The van der Waals surface area contributed by atoms with Crippen LogP contribution in [0, 0.1) is 10.1 Å². The lowest BCUT2D eigenvalue weighted by Crippen LogP contribution is -2.03. The molecule has 0 saturated carbocycles. The van der Waals surface area contributed by atoms with Gasteiger partial charge in [0.1, 0.15) is 5.75 Å². The average Bonchev–Trinajstić information content (AvgIpc) is 2.68. The van der Waals surface area contributed by atoms with Gasteiger partial charge in [-0.1, -0.05) is 54.6 Å². The van der Waals surface area contributed by atoms with Crippen molar-refractivity contribution in [2.45, 2.75) is 0 Å². The summed E-state index contributed by atoms with van der Waals surface area (Å²) in [6.07, 6.45) is 2.55. The van der Waals surface area contributed by atoms with Crippen molar-refractivity contribution >= 4 is 17.7 Å². The summed E-state index contributed by atoms with van der Waals surface area (Å²) in [6.45, 7) is 0. The summed E-state index contributed by atoms with van der Waals surface area (Å²) in [5.41, 5.74) is 2.36. The highest BCUT2D eigenvalue weighted by molar-refractivity contribution is 5.89. The number of rotatable bonds is 5. The van der Waals surface area contributed by atoms with Crippen LogP contribution in [-0.2, 0) is 4.79 Å². The molecular formula is C21H15NO4. The summed E-state index contributed by atoms with van der Waals surface area (Å²) in [5.74, 6) is -0.197. The van der Waals surface area contributed by atoms with Gasteiger partial charge in [-0.3, -0.25) is 10.1 Å². The standard InChI is InChI=1S/C21H15NO4/c23-21(15-12-18-8-4-5-9-20(18)22(24)25)26-19-13-10-17(11-14-19)16-6-2-1-3-7-16/h1-15H. The maximum Gasteiger partial charge on any atom is 0.336 e. The first-order valence-corrected chi connectivity index (χ1v) is 7.92. The Kier molecular flexibility index (Phi) is 5.19. The third kappa shape index (κ3) is 4.21. The van der Waals surface area contributed by atoms with E-state index in [4.69, 9.17) is 4.74 Å². The van der Waals surface area contributed by atoms with Crippen LogP contribution in [0.5, 0.6) is 5.75 Å². The van der Waals surface area contributed by atoms with Crippen molar-refractivity contribution in [3.8, 4) is 16.9 Å². The number of nitro benzene ring substituents is 1. The molecule has 3 rings (SSSR count). The van der Waals surface area contributed by atoms with Crippen molar-refractivity contribution in [1.82, 2.24) is 0 Å². The molecule has 0 fully saturated rings. The Hall–Kier alpha value is -3.73. The molecule has 0 spiro atoms. The predicted molar refractivity (Wildman–Crippen MR) is 99.6 cm³/mol. The fourth-order valence-electron chi connectivity index (χ4n) is 2.45. The molecule has 0 aliphatic rings. The third-order valence-electron chi connectivity index (χ3n) is 3.71. The predicted octanol–water partition coefficient (Wildman–Crippen LogP) is 4.88. The Morgan fingerprint density at radius 1 is 0.846 bits per heavy atom. The first-order chi connectivity index (χ1) is 12.6. The number of para-hydroxylation sites is 1. The monoisotopic (exact) mass is 345 g/mol. The van der Waals surface area contributed by atoms with Gasteiger partial charge in [-0.25, -0.2) is 4.79 Å². The first kappa shape index (κ1) is 17.1. The molecule has 0 saturated heterocycles. The summed E-state index contributed by atoms with van der Waals surface area (Å²) < 4.78 is 5.23. The smallest absolute Gasteiger partial charge is 0.336 e. The van der Waals surface area contributed by atoms with Gasteiger partial charge in [0, 0.05) is 12.1 Å². The number of nitrogens with zero attached hydrogens (tertiary/aromatic N) is 1. The van der Waals surface area contributed by atoms with Gasteiger partial charge < -0.3 is 4.74 Å². The average molecular weight is 345 g/mol. The minimum atomic E-state index is -0.601. The molecule has 0 aliphatic carbocycles. The largest absolute Gasteiger partial charge is 0.423 e. The van der Waals surface area contributed by atoms with Crippen LogP contribution in [0.4, 0.5) is 5.69 Å².